The third kappa shape index (κ3) is 2.21. The molecular weight excluding hydrogens is 166 g/mol. The molecule has 0 unspecified atom stereocenters. The van der Waals surface area contributed by atoms with Crippen LogP contribution in [0.1, 0.15) is 30.1 Å². The number of hydrogen-bond acceptors (Lipinski definition) is 3. The van der Waals surface area contributed by atoms with Crippen molar-refractivity contribution in [1.82, 2.24) is 0 Å². The maximum atomic E-state index is 11.4. The third-order valence-electron chi connectivity index (χ3n) is 1.80. The molecule has 0 bridgehead atoms. The Hall–Kier alpha value is -1.51. The van der Waals surface area contributed by atoms with Crippen LogP contribution >= 0.6 is 0 Å². The van der Waals surface area contributed by atoms with Crippen molar-refractivity contribution in [3.63, 3.8) is 0 Å². The molecule has 0 saturated carbocycles. The van der Waals surface area contributed by atoms with Crippen molar-refractivity contribution >= 4 is 11.5 Å². The topological polar surface area (TPSA) is 63.3 Å². The predicted octanol–water partition coefficient (Wildman–Crippen LogP) is 1.96. The number of anilines is 1. The summed E-state index contributed by atoms with van der Waals surface area (Å²) in [6, 6.07) is 4.52. The van der Waals surface area contributed by atoms with E-state index in [0.29, 0.717) is 17.7 Å². The van der Waals surface area contributed by atoms with Gasteiger partial charge in [0, 0.05) is 12.1 Å². The molecule has 0 atom stereocenters. The van der Waals surface area contributed by atoms with Gasteiger partial charge in [-0.05, 0) is 24.6 Å². The third-order valence-corrected chi connectivity index (χ3v) is 1.80. The Balaban J connectivity index is 2.99. The van der Waals surface area contributed by atoms with E-state index in [2.05, 4.69) is 0 Å². The fraction of sp³-hybridized carbons (Fsp3) is 0.300. The highest BCUT2D eigenvalue weighted by Crippen LogP contribution is 2.21. The van der Waals surface area contributed by atoms with Crippen molar-refractivity contribution in [2.75, 3.05) is 5.73 Å². The van der Waals surface area contributed by atoms with Crippen LogP contribution in [0.5, 0.6) is 5.75 Å². The summed E-state index contributed by atoms with van der Waals surface area (Å²) >= 11 is 0. The molecule has 0 amide bonds. The van der Waals surface area contributed by atoms with Gasteiger partial charge in [0.25, 0.3) is 0 Å². The SMILES string of the molecule is CCCC(=O)c1cc(N)ccc1O. The minimum Gasteiger partial charge on any atom is -0.507 e. The molecule has 0 radical (unpaired) electrons. The number of nitrogens with two attached hydrogens (primary N) is 1. The van der Waals surface area contributed by atoms with Crippen molar-refractivity contribution < 1.29 is 9.90 Å². The lowest BCUT2D eigenvalue weighted by molar-refractivity contribution is 0.0979. The van der Waals surface area contributed by atoms with Crippen LogP contribution in [-0.4, -0.2) is 10.9 Å². The van der Waals surface area contributed by atoms with E-state index in [1.807, 2.05) is 6.92 Å². The molecule has 3 N–H and O–H groups in total. The van der Waals surface area contributed by atoms with E-state index in [1.54, 1.807) is 6.07 Å². The quantitative estimate of drug-likeness (QED) is 0.423. The molecule has 0 fully saturated rings. The number of Topliss-reactive ketones (excluding diaryl/α,β-unsaturated/α-hetero) is 1. The minimum atomic E-state index is -0.0627. The summed E-state index contributed by atoms with van der Waals surface area (Å²) < 4.78 is 0. The van der Waals surface area contributed by atoms with Crippen LogP contribution in [0.2, 0.25) is 0 Å². The Kier molecular flexibility index (Phi) is 2.90. The van der Waals surface area contributed by atoms with Crippen LogP contribution < -0.4 is 5.73 Å². The van der Waals surface area contributed by atoms with Crippen molar-refractivity contribution in [3.8, 4) is 5.75 Å². The van der Waals surface area contributed by atoms with E-state index < -0.39 is 0 Å². The fourth-order valence-corrected chi connectivity index (χ4v) is 1.14. The van der Waals surface area contributed by atoms with E-state index in [9.17, 15) is 9.90 Å². The number of aromatic hydroxyl groups is 1. The Morgan fingerprint density at radius 1 is 1.54 bits per heavy atom. The van der Waals surface area contributed by atoms with Gasteiger partial charge in [0.1, 0.15) is 5.75 Å². The van der Waals surface area contributed by atoms with Gasteiger partial charge in [-0.15, -0.1) is 0 Å². The molecule has 0 aromatic heterocycles. The number of benzene rings is 1. The normalized spacial score (nSPS) is 9.92. The number of ketones is 1. The number of nitrogen functional groups attached to an aromatic ring is 1. The van der Waals surface area contributed by atoms with E-state index in [1.165, 1.54) is 12.1 Å². The molecule has 0 spiro atoms. The van der Waals surface area contributed by atoms with Crippen LogP contribution in [0.3, 0.4) is 0 Å². The number of carbonyl (C=O) groups excluding carboxylic acids is 1. The molecular formula is C10H13NO2. The second kappa shape index (κ2) is 3.94. The number of phenols is 1. The van der Waals surface area contributed by atoms with E-state index >= 15 is 0 Å². The number of hydrogen-bond donors (Lipinski definition) is 2. The van der Waals surface area contributed by atoms with Crippen LogP contribution in [0, 0.1) is 0 Å². The van der Waals surface area contributed by atoms with Crippen LogP contribution in [0.15, 0.2) is 18.2 Å². The maximum Gasteiger partial charge on any atom is 0.166 e. The number of rotatable bonds is 3. The molecule has 0 heterocycles. The highest BCUT2D eigenvalue weighted by molar-refractivity contribution is 5.99. The second-order valence-corrected chi connectivity index (χ2v) is 2.95. The largest absolute Gasteiger partial charge is 0.507 e. The van der Waals surface area contributed by atoms with E-state index in [4.69, 9.17) is 5.73 Å². The predicted molar refractivity (Wildman–Crippen MR) is 51.8 cm³/mol. The summed E-state index contributed by atoms with van der Waals surface area (Å²) in [5, 5.41) is 9.36. The van der Waals surface area contributed by atoms with Gasteiger partial charge in [0.15, 0.2) is 5.78 Å². The summed E-state index contributed by atoms with van der Waals surface area (Å²) in [5.74, 6) is -0.0556. The lowest BCUT2D eigenvalue weighted by Crippen LogP contribution is -1.99. The second-order valence-electron chi connectivity index (χ2n) is 2.95. The highest BCUT2D eigenvalue weighted by atomic mass is 16.3. The maximum absolute atomic E-state index is 11.4. The first-order valence-corrected chi connectivity index (χ1v) is 4.27. The molecule has 0 aliphatic heterocycles. The Morgan fingerprint density at radius 2 is 2.23 bits per heavy atom. The van der Waals surface area contributed by atoms with Gasteiger partial charge in [-0.2, -0.15) is 0 Å². The zero-order valence-corrected chi connectivity index (χ0v) is 7.58. The molecule has 0 saturated heterocycles. The summed E-state index contributed by atoms with van der Waals surface area (Å²) in [7, 11) is 0. The Bertz CT molecular complexity index is 321. The monoisotopic (exact) mass is 179 g/mol. The number of phenolic OH excluding ortho intramolecular Hbond substituents is 1. The first-order valence-electron chi connectivity index (χ1n) is 4.27. The van der Waals surface area contributed by atoms with Crippen molar-refractivity contribution in [3.05, 3.63) is 23.8 Å². The molecule has 0 aliphatic carbocycles. The van der Waals surface area contributed by atoms with Crippen LogP contribution in [-0.2, 0) is 0 Å². The van der Waals surface area contributed by atoms with Gasteiger partial charge in [-0.3, -0.25) is 4.79 Å². The molecule has 13 heavy (non-hydrogen) atoms. The smallest absolute Gasteiger partial charge is 0.166 e. The van der Waals surface area contributed by atoms with Crippen LogP contribution in [0.25, 0.3) is 0 Å². The van der Waals surface area contributed by atoms with Gasteiger partial charge < -0.3 is 10.8 Å². The average molecular weight is 179 g/mol. The zero-order chi connectivity index (χ0) is 9.84. The van der Waals surface area contributed by atoms with Gasteiger partial charge in [0.05, 0.1) is 5.56 Å². The Morgan fingerprint density at radius 3 is 2.85 bits per heavy atom. The van der Waals surface area contributed by atoms with Crippen molar-refractivity contribution in [2.45, 2.75) is 19.8 Å². The van der Waals surface area contributed by atoms with Gasteiger partial charge >= 0.3 is 0 Å². The summed E-state index contributed by atoms with van der Waals surface area (Å²) in [4.78, 5) is 11.4. The first kappa shape index (κ1) is 9.58. The summed E-state index contributed by atoms with van der Waals surface area (Å²) in [6.45, 7) is 1.92. The summed E-state index contributed by atoms with van der Waals surface area (Å²) in [5.41, 5.74) is 6.32. The minimum absolute atomic E-state index is 0.00708. The fourth-order valence-electron chi connectivity index (χ4n) is 1.14. The molecule has 3 heteroatoms. The first-order chi connectivity index (χ1) is 6.15. The van der Waals surface area contributed by atoms with Crippen LogP contribution in [0.4, 0.5) is 5.69 Å². The van der Waals surface area contributed by atoms with Gasteiger partial charge in [-0.25, -0.2) is 0 Å². The van der Waals surface area contributed by atoms with Crippen molar-refractivity contribution in [2.24, 2.45) is 0 Å². The average Bonchev–Trinajstić information content (AvgIpc) is 2.09. The van der Waals surface area contributed by atoms with E-state index in [0.717, 1.165) is 6.42 Å². The molecule has 1 aromatic carbocycles. The van der Waals surface area contributed by atoms with Crippen molar-refractivity contribution in [1.29, 1.82) is 0 Å². The molecule has 70 valence electrons. The molecule has 0 aliphatic rings. The Labute approximate surface area is 77.2 Å². The van der Waals surface area contributed by atoms with E-state index in [-0.39, 0.29) is 11.5 Å². The highest BCUT2D eigenvalue weighted by Gasteiger charge is 2.09. The standard InChI is InChI=1S/C10H13NO2/c1-2-3-9(12)8-6-7(11)4-5-10(8)13/h4-6,13H,2-3,11H2,1H3. The summed E-state index contributed by atoms with van der Waals surface area (Å²) in [6.07, 6.45) is 1.21. The van der Waals surface area contributed by atoms with Gasteiger partial charge in [-0.1, -0.05) is 6.92 Å². The number of carbonyl (C=O) groups is 1. The lowest BCUT2D eigenvalue weighted by atomic mass is 10.1. The molecule has 1 aromatic rings. The molecule has 3 nitrogen and oxygen atoms in total. The zero-order valence-electron chi connectivity index (χ0n) is 7.58. The molecule has 1 rings (SSSR count). The van der Waals surface area contributed by atoms with Gasteiger partial charge in [0.2, 0.25) is 0 Å². The lowest BCUT2D eigenvalue weighted by Gasteiger charge is -2.03.